The summed E-state index contributed by atoms with van der Waals surface area (Å²) in [5.74, 6) is -0.869. The van der Waals surface area contributed by atoms with E-state index in [4.69, 9.17) is 4.74 Å². The van der Waals surface area contributed by atoms with Gasteiger partial charge in [-0.05, 0) is 47.9 Å². The van der Waals surface area contributed by atoms with Crippen molar-refractivity contribution in [2.75, 3.05) is 6.61 Å². The quantitative estimate of drug-likeness (QED) is 0.341. The average Bonchev–Trinajstić information content (AvgIpc) is 3.09. The van der Waals surface area contributed by atoms with Crippen molar-refractivity contribution >= 4 is 17.4 Å². The Balaban J connectivity index is 1.76. The van der Waals surface area contributed by atoms with Crippen LogP contribution in [0.2, 0.25) is 0 Å². The highest BCUT2D eigenvalue weighted by atomic mass is 16.5. The minimum atomic E-state index is -0.702. The lowest BCUT2D eigenvalue weighted by molar-refractivity contribution is -0.140. The molecule has 1 aliphatic heterocycles. The highest BCUT2D eigenvalue weighted by Crippen LogP contribution is 2.40. The maximum absolute atomic E-state index is 13.1. The second-order valence-corrected chi connectivity index (χ2v) is 7.57. The number of ketones is 1. The van der Waals surface area contributed by atoms with Crippen LogP contribution in [0.4, 0.5) is 0 Å². The molecule has 162 valence electrons. The van der Waals surface area contributed by atoms with E-state index in [9.17, 15) is 14.7 Å². The molecule has 0 bridgehead atoms. The summed E-state index contributed by atoms with van der Waals surface area (Å²) in [6.45, 7) is 2.83. The Morgan fingerprint density at radius 1 is 1.03 bits per heavy atom. The number of hydrogen-bond acceptors (Lipinski definition) is 5. The normalized spacial score (nSPS) is 17.5. The second kappa shape index (κ2) is 9.47. The highest BCUT2D eigenvalue weighted by Gasteiger charge is 2.46. The van der Waals surface area contributed by atoms with Crippen LogP contribution in [-0.2, 0) is 16.1 Å². The van der Waals surface area contributed by atoms with E-state index in [1.165, 1.54) is 4.90 Å². The van der Waals surface area contributed by atoms with Crippen LogP contribution in [0, 0.1) is 0 Å². The fourth-order valence-electron chi connectivity index (χ4n) is 3.80. The molecule has 1 atom stereocenters. The summed E-state index contributed by atoms with van der Waals surface area (Å²) in [6.07, 6.45) is 4.20. The van der Waals surface area contributed by atoms with Gasteiger partial charge in [0, 0.05) is 24.5 Å². The van der Waals surface area contributed by atoms with Gasteiger partial charge in [-0.3, -0.25) is 14.6 Å². The zero-order valence-electron chi connectivity index (χ0n) is 17.8. The Bertz CT molecular complexity index is 1130. The summed E-state index contributed by atoms with van der Waals surface area (Å²) in [4.78, 5) is 31.7. The minimum Gasteiger partial charge on any atom is -0.507 e. The molecule has 32 heavy (non-hydrogen) atoms. The van der Waals surface area contributed by atoms with Gasteiger partial charge in [0.05, 0.1) is 18.2 Å². The molecule has 0 unspecified atom stereocenters. The third-order valence-electron chi connectivity index (χ3n) is 5.33. The second-order valence-electron chi connectivity index (χ2n) is 7.57. The SMILES string of the molecule is CCCOc1ccc(C(O)=C2C(=O)C(=O)N(Cc3cccnc3)[C@@H]2c2ccccc2)cc1. The lowest BCUT2D eigenvalue weighted by atomic mass is 9.95. The number of Topliss-reactive ketones (excluding diaryl/α,β-unsaturated/α-hetero) is 1. The monoisotopic (exact) mass is 428 g/mol. The van der Waals surface area contributed by atoms with Gasteiger partial charge in [-0.15, -0.1) is 0 Å². The Labute approximate surface area is 186 Å². The summed E-state index contributed by atoms with van der Waals surface area (Å²) in [5, 5.41) is 11.1. The van der Waals surface area contributed by atoms with Crippen LogP contribution >= 0.6 is 0 Å². The zero-order chi connectivity index (χ0) is 22.5. The van der Waals surface area contributed by atoms with E-state index in [2.05, 4.69) is 4.98 Å². The lowest BCUT2D eigenvalue weighted by Crippen LogP contribution is -2.29. The molecule has 1 aromatic heterocycles. The van der Waals surface area contributed by atoms with E-state index in [0.717, 1.165) is 17.5 Å². The molecule has 6 heteroatoms. The fraction of sp³-hybridized carbons (Fsp3) is 0.192. The van der Waals surface area contributed by atoms with Crippen molar-refractivity contribution in [1.82, 2.24) is 9.88 Å². The van der Waals surface area contributed by atoms with Gasteiger partial charge in [0.1, 0.15) is 11.5 Å². The number of pyridine rings is 1. The minimum absolute atomic E-state index is 0.0762. The van der Waals surface area contributed by atoms with Crippen LogP contribution in [0.5, 0.6) is 5.75 Å². The maximum atomic E-state index is 13.1. The number of hydrogen-bond donors (Lipinski definition) is 1. The van der Waals surface area contributed by atoms with Gasteiger partial charge in [0.25, 0.3) is 11.7 Å². The molecule has 0 saturated carbocycles. The van der Waals surface area contributed by atoms with Crippen LogP contribution in [-0.4, -0.2) is 33.3 Å². The summed E-state index contributed by atoms with van der Waals surface area (Å²) in [7, 11) is 0. The molecule has 3 aromatic rings. The maximum Gasteiger partial charge on any atom is 0.295 e. The Morgan fingerprint density at radius 3 is 2.44 bits per heavy atom. The van der Waals surface area contributed by atoms with E-state index in [-0.39, 0.29) is 17.9 Å². The summed E-state index contributed by atoms with van der Waals surface area (Å²) in [6, 6.07) is 19.1. The molecule has 0 spiro atoms. The Kier molecular flexibility index (Phi) is 6.31. The molecule has 4 rings (SSSR count). The molecule has 1 N–H and O–H groups in total. The number of carbonyl (C=O) groups is 2. The number of aliphatic hydroxyl groups is 1. The third-order valence-corrected chi connectivity index (χ3v) is 5.33. The molecule has 1 aliphatic rings. The number of benzene rings is 2. The van der Waals surface area contributed by atoms with Crippen LogP contribution in [0.15, 0.2) is 84.7 Å². The molecule has 2 heterocycles. The first-order valence-corrected chi connectivity index (χ1v) is 10.6. The predicted molar refractivity (Wildman–Crippen MR) is 121 cm³/mol. The molecule has 1 fully saturated rings. The standard InChI is InChI=1S/C26H24N2O4/c1-2-15-32-21-12-10-20(11-13-21)24(29)22-23(19-8-4-3-5-9-19)28(26(31)25(22)30)17-18-7-6-14-27-16-18/h3-14,16,23,29H,2,15,17H2,1H3/t23-/m1/s1. The number of likely N-dealkylation sites (tertiary alicyclic amines) is 1. The highest BCUT2D eigenvalue weighted by molar-refractivity contribution is 6.46. The number of rotatable bonds is 7. The van der Waals surface area contributed by atoms with Crippen LogP contribution in [0.1, 0.15) is 36.1 Å². The van der Waals surface area contributed by atoms with Crippen molar-refractivity contribution in [3.63, 3.8) is 0 Å². The number of nitrogens with zero attached hydrogens (tertiary/aromatic N) is 2. The van der Waals surface area contributed by atoms with E-state index >= 15 is 0 Å². The van der Waals surface area contributed by atoms with Crippen molar-refractivity contribution in [1.29, 1.82) is 0 Å². The van der Waals surface area contributed by atoms with E-state index in [1.807, 2.05) is 43.3 Å². The molecule has 0 aliphatic carbocycles. The van der Waals surface area contributed by atoms with Crippen molar-refractivity contribution in [2.24, 2.45) is 0 Å². The first kappa shape index (κ1) is 21.3. The molecule has 2 aromatic carbocycles. The van der Waals surface area contributed by atoms with Gasteiger partial charge in [0.2, 0.25) is 0 Å². The number of aromatic nitrogens is 1. The fourth-order valence-corrected chi connectivity index (χ4v) is 3.80. The number of ether oxygens (including phenoxy) is 1. The van der Waals surface area contributed by atoms with Crippen molar-refractivity contribution in [2.45, 2.75) is 25.9 Å². The summed E-state index contributed by atoms with van der Waals surface area (Å²) in [5.41, 5.74) is 2.08. The van der Waals surface area contributed by atoms with Crippen LogP contribution in [0.3, 0.4) is 0 Å². The van der Waals surface area contributed by atoms with E-state index in [0.29, 0.717) is 17.9 Å². The van der Waals surface area contributed by atoms with Gasteiger partial charge in [-0.2, -0.15) is 0 Å². The topological polar surface area (TPSA) is 79.7 Å². The van der Waals surface area contributed by atoms with Crippen molar-refractivity contribution in [3.8, 4) is 5.75 Å². The van der Waals surface area contributed by atoms with E-state index < -0.39 is 17.7 Å². The van der Waals surface area contributed by atoms with Gasteiger partial charge in [0.15, 0.2) is 0 Å². The Hall–Kier alpha value is -3.93. The summed E-state index contributed by atoms with van der Waals surface area (Å²) < 4.78 is 5.59. The Morgan fingerprint density at radius 2 is 1.78 bits per heavy atom. The zero-order valence-corrected chi connectivity index (χ0v) is 17.8. The first-order chi connectivity index (χ1) is 15.6. The molecule has 1 saturated heterocycles. The number of amides is 1. The van der Waals surface area contributed by atoms with Gasteiger partial charge in [-0.1, -0.05) is 43.3 Å². The van der Waals surface area contributed by atoms with Gasteiger partial charge >= 0.3 is 0 Å². The molecular weight excluding hydrogens is 404 g/mol. The lowest BCUT2D eigenvalue weighted by Gasteiger charge is -2.25. The average molecular weight is 428 g/mol. The largest absolute Gasteiger partial charge is 0.507 e. The number of carbonyl (C=O) groups excluding carboxylic acids is 2. The van der Waals surface area contributed by atoms with Crippen molar-refractivity contribution in [3.05, 3.63) is 101 Å². The summed E-state index contributed by atoms with van der Waals surface area (Å²) >= 11 is 0. The van der Waals surface area contributed by atoms with Gasteiger partial charge < -0.3 is 14.7 Å². The van der Waals surface area contributed by atoms with E-state index in [1.54, 1.807) is 42.7 Å². The first-order valence-electron chi connectivity index (χ1n) is 10.6. The van der Waals surface area contributed by atoms with Gasteiger partial charge in [-0.25, -0.2) is 0 Å². The molecule has 0 radical (unpaired) electrons. The molecule has 6 nitrogen and oxygen atoms in total. The predicted octanol–water partition coefficient (Wildman–Crippen LogP) is 4.49. The third kappa shape index (κ3) is 4.25. The molecular formula is C26H24N2O4. The smallest absolute Gasteiger partial charge is 0.295 e. The number of aliphatic hydroxyl groups excluding tert-OH is 1. The van der Waals surface area contributed by atoms with Crippen LogP contribution < -0.4 is 4.74 Å². The van der Waals surface area contributed by atoms with Crippen LogP contribution in [0.25, 0.3) is 5.76 Å². The molecule has 1 amide bonds. The van der Waals surface area contributed by atoms with Crippen molar-refractivity contribution < 1.29 is 19.4 Å².